The summed E-state index contributed by atoms with van der Waals surface area (Å²) in [4.78, 5) is 12.9. The lowest BCUT2D eigenvalue weighted by molar-refractivity contribution is -0.128. The van der Waals surface area contributed by atoms with Crippen LogP contribution in [-0.4, -0.2) is 31.2 Å². The van der Waals surface area contributed by atoms with E-state index in [0.29, 0.717) is 19.5 Å². The highest BCUT2D eigenvalue weighted by molar-refractivity contribution is 5.88. The quantitative estimate of drug-likeness (QED) is 0.898. The monoisotopic (exact) mass is 304 g/mol. The minimum absolute atomic E-state index is 0.0652. The normalized spacial score (nSPS) is 27.5. The Balaban J connectivity index is 1.70. The molecule has 2 aliphatic rings. The number of nitrogens with one attached hydrogen (secondary N) is 2. The van der Waals surface area contributed by atoms with Crippen molar-refractivity contribution in [1.82, 2.24) is 10.6 Å². The van der Waals surface area contributed by atoms with Crippen molar-refractivity contribution in [2.75, 3.05) is 13.1 Å². The van der Waals surface area contributed by atoms with Crippen molar-refractivity contribution in [2.24, 2.45) is 0 Å². The van der Waals surface area contributed by atoms with Gasteiger partial charge >= 0.3 is 0 Å². The molecule has 0 bridgehead atoms. The fourth-order valence-electron chi connectivity index (χ4n) is 3.87. The second kappa shape index (κ2) is 6.78. The summed E-state index contributed by atoms with van der Waals surface area (Å²) in [5, 5.41) is 6.21. The molecule has 2 fully saturated rings. The van der Waals surface area contributed by atoms with Gasteiger partial charge in [-0.25, -0.2) is 4.39 Å². The number of halogens is 1. The zero-order valence-corrected chi connectivity index (χ0v) is 13.0. The molecule has 1 amide bonds. The van der Waals surface area contributed by atoms with Gasteiger partial charge in [-0.05, 0) is 24.8 Å². The van der Waals surface area contributed by atoms with Gasteiger partial charge in [0.05, 0.1) is 5.41 Å². The van der Waals surface area contributed by atoms with Gasteiger partial charge in [-0.2, -0.15) is 0 Å². The van der Waals surface area contributed by atoms with Crippen molar-refractivity contribution in [3.63, 3.8) is 0 Å². The summed E-state index contributed by atoms with van der Waals surface area (Å²) in [6.07, 6.45) is 4.93. The van der Waals surface area contributed by atoms with E-state index in [9.17, 15) is 9.18 Å². The van der Waals surface area contributed by atoms with E-state index in [1.54, 1.807) is 0 Å². The van der Waals surface area contributed by atoms with Gasteiger partial charge in [0.25, 0.3) is 0 Å². The van der Waals surface area contributed by atoms with Gasteiger partial charge in [0, 0.05) is 19.1 Å². The maximum absolute atomic E-state index is 13.2. The molecular formula is C18H25FN2O. The summed E-state index contributed by atoms with van der Waals surface area (Å²) in [5.74, 6) is 0.113. The van der Waals surface area contributed by atoms with Gasteiger partial charge in [-0.3, -0.25) is 4.79 Å². The SMILES string of the molecule is O=C(NC[C@@H]1C[C@H](F)CN1)C1(c2ccccc2)CCCCC1. The van der Waals surface area contributed by atoms with Gasteiger partial charge in [-0.1, -0.05) is 49.6 Å². The molecule has 22 heavy (non-hydrogen) atoms. The molecule has 0 radical (unpaired) electrons. The Labute approximate surface area is 131 Å². The lowest BCUT2D eigenvalue weighted by Crippen LogP contribution is -2.48. The lowest BCUT2D eigenvalue weighted by Gasteiger charge is -2.36. The second-order valence-electron chi connectivity index (χ2n) is 6.66. The van der Waals surface area contributed by atoms with Crippen LogP contribution in [0.2, 0.25) is 0 Å². The van der Waals surface area contributed by atoms with Crippen LogP contribution in [0.5, 0.6) is 0 Å². The molecule has 1 heterocycles. The van der Waals surface area contributed by atoms with Crippen molar-refractivity contribution >= 4 is 5.91 Å². The predicted molar refractivity (Wildman–Crippen MR) is 85.5 cm³/mol. The van der Waals surface area contributed by atoms with Gasteiger partial charge < -0.3 is 10.6 Å². The van der Waals surface area contributed by atoms with Crippen LogP contribution in [0.25, 0.3) is 0 Å². The molecule has 3 nitrogen and oxygen atoms in total. The van der Waals surface area contributed by atoms with Crippen LogP contribution in [0.15, 0.2) is 30.3 Å². The van der Waals surface area contributed by atoms with E-state index >= 15 is 0 Å². The first-order valence-corrected chi connectivity index (χ1v) is 8.42. The van der Waals surface area contributed by atoms with Crippen LogP contribution in [0.1, 0.15) is 44.1 Å². The van der Waals surface area contributed by atoms with E-state index in [0.717, 1.165) is 31.2 Å². The molecule has 1 aliphatic heterocycles. The number of carbonyl (C=O) groups excluding carboxylic acids is 1. The molecule has 1 saturated carbocycles. The Bertz CT molecular complexity index is 499. The second-order valence-corrected chi connectivity index (χ2v) is 6.66. The number of amides is 1. The molecule has 1 saturated heterocycles. The molecular weight excluding hydrogens is 279 g/mol. The maximum atomic E-state index is 13.2. The average Bonchev–Trinajstić information content (AvgIpc) is 2.99. The third kappa shape index (κ3) is 3.17. The number of hydrogen-bond donors (Lipinski definition) is 2. The molecule has 4 heteroatoms. The van der Waals surface area contributed by atoms with Crippen molar-refractivity contribution in [2.45, 2.75) is 56.2 Å². The first kappa shape index (κ1) is 15.5. The number of rotatable bonds is 4. The molecule has 120 valence electrons. The van der Waals surface area contributed by atoms with E-state index in [4.69, 9.17) is 0 Å². The minimum atomic E-state index is -0.778. The summed E-state index contributed by atoms with van der Waals surface area (Å²) in [6.45, 7) is 0.929. The maximum Gasteiger partial charge on any atom is 0.230 e. The third-order valence-electron chi connectivity index (χ3n) is 5.15. The van der Waals surface area contributed by atoms with Crippen LogP contribution >= 0.6 is 0 Å². The number of benzene rings is 1. The third-order valence-corrected chi connectivity index (χ3v) is 5.15. The Hall–Kier alpha value is -1.42. The topological polar surface area (TPSA) is 41.1 Å². The molecule has 2 atom stereocenters. The van der Waals surface area contributed by atoms with Gasteiger partial charge in [-0.15, -0.1) is 0 Å². The van der Waals surface area contributed by atoms with Gasteiger partial charge in [0.15, 0.2) is 0 Å². The van der Waals surface area contributed by atoms with E-state index < -0.39 is 11.6 Å². The van der Waals surface area contributed by atoms with Crippen LogP contribution in [0.4, 0.5) is 4.39 Å². The fraction of sp³-hybridized carbons (Fsp3) is 0.611. The number of hydrogen-bond acceptors (Lipinski definition) is 2. The summed E-state index contributed by atoms with van der Waals surface area (Å²) in [5.41, 5.74) is 0.725. The largest absolute Gasteiger partial charge is 0.354 e. The highest BCUT2D eigenvalue weighted by Gasteiger charge is 2.41. The molecule has 0 aromatic heterocycles. The Morgan fingerprint density at radius 3 is 2.59 bits per heavy atom. The summed E-state index contributed by atoms with van der Waals surface area (Å²) < 4.78 is 13.2. The number of carbonyl (C=O) groups is 1. The molecule has 1 aromatic rings. The van der Waals surface area contributed by atoms with E-state index in [1.165, 1.54) is 6.42 Å². The summed E-state index contributed by atoms with van der Waals surface area (Å²) in [7, 11) is 0. The predicted octanol–water partition coefficient (Wildman–Crippen LogP) is 2.70. The first-order valence-electron chi connectivity index (χ1n) is 8.42. The fourth-order valence-corrected chi connectivity index (χ4v) is 3.87. The van der Waals surface area contributed by atoms with Crippen LogP contribution in [-0.2, 0) is 10.2 Å². The van der Waals surface area contributed by atoms with Crippen molar-refractivity contribution < 1.29 is 9.18 Å². The summed E-state index contributed by atoms with van der Waals surface area (Å²) >= 11 is 0. The molecule has 0 spiro atoms. The van der Waals surface area contributed by atoms with Crippen LogP contribution in [0, 0.1) is 0 Å². The molecule has 2 N–H and O–H groups in total. The molecule has 3 rings (SSSR count). The van der Waals surface area contributed by atoms with E-state index in [2.05, 4.69) is 22.8 Å². The highest BCUT2D eigenvalue weighted by atomic mass is 19.1. The summed E-state index contributed by atoms with van der Waals surface area (Å²) in [6, 6.07) is 10.2. The van der Waals surface area contributed by atoms with Crippen molar-refractivity contribution in [3.05, 3.63) is 35.9 Å². The standard InChI is InChI=1S/C18H25FN2O/c19-15-11-16(20-12-15)13-21-17(22)18(9-5-2-6-10-18)14-7-3-1-4-8-14/h1,3-4,7-8,15-16,20H,2,5-6,9-13H2,(H,21,22)/t15-,16-/m0/s1. The minimum Gasteiger partial charge on any atom is -0.354 e. The van der Waals surface area contributed by atoms with E-state index in [1.807, 2.05) is 18.2 Å². The van der Waals surface area contributed by atoms with Crippen LogP contribution in [0.3, 0.4) is 0 Å². The van der Waals surface area contributed by atoms with Crippen LogP contribution < -0.4 is 10.6 Å². The average molecular weight is 304 g/mol. The molecule has 1 aromatic carbocycles. The smallest absolute Gasteiger partial charge is 0.230 e. The molecule has 0 unspecified atom stereocenters. The zero-order valence-electron chi connectivity index (χ0n) is 13.0. The van der Waals surface area contributed by atoms with Crippen molar-refractivity contribution in [1.29, 1.82) is 0 Å². The number of alkyl halides is 1. The van der Waals surface area contributed by atoms with Crippen molar-refractivity contribution in [3.8, 4) is 0 Å². The van der Waals surface area contributed by atoms with Gasteiger partial charge in [0.2, 0.25) is 5.91 Å². The highest BCUT2D eigenvalue weighted by Crippen LogP contribution is 2.39. The Morgan fingerprint density at radius 1 is 1.23 bits per heavy atom. The zero-order chi connectivity index (χ0) is 15.4. The Morgan fingerprint density at radius 2 is 1.95 bits per heavy atom. The van der Waals surface area contributed by atoms with E-state index in [-0.39, 0.29) is 11.9 Å². The molecule has 1 aliphatic carbocycles. The Kier molecular flexibility index (Phi) is 4.77. The van der Waals surface area contributed by atoms with Gasteiger partial charge in [0.1, 0.15) is 6.17 Å². The first-order chi connectivity index (χ1) is 10.7. The lowest BCUT2D eigenvalue weighted by atomic mass is 9.68.